The number of hydrogen-bond acceptors (Lipinski definition) is 5. The Morgan fingerprint density at radius 1 is 1.07 bits per heavy atom. The molecular formula is C21H19N5OS. The van der Waals surface area contributed by atoms with Gasteiger partial charge in [0.25, 0.3) is 5.56 Å². The maximum absolute atomic E-state index is 12.4. The number of aromatic amines is 1. The van der Waals surface area contributed by atoms with Crippen LogP contribution in [0.1, 0.15) is 42.6 Å². The minimum Gasteiger partial charge on any atom is -0.309 e. The molecule has 0 aliphatic heterocycles. The van der Waals surface area contributed by atoms with Crippen molar-refractivity contribution in [2.45, 2.75) is 36.1 Å². The average molecular weight is 389 g/mol. The van der Waals surface area contributed by atoms with Gasteiger partial charge in [-0.3, -0.25) is 4.79 Å². The van der Waals surface area contributed by atoms with E-state index in [-0.39, 0.29) is 10.8 Å². The van der Waals surface area contributed by atoms with Crippen LogP contribution in [0.4, 0.5) is 0 Å². The molecule has 2 heterocycles. The van der Waals surface area contributed by atoms with E-state index in [4.69, 9.17) is 10.1 Å². The molecule has 1 aliphatic rings. The van der Waals surface area contributed by atoms with E-state index >= 15 is 0 Å². The summed E-state index contributed by atoms with van der Waals surface area (Å²) in [5.41, 5.74) is 1.61. The zero-order valence-electron chi connectivity index (χ0n) is 15.4. The second kappa shape index (κ2) is 6.91. The van der Waals surface area contributed by atoms with Crippen LogP contribution in [0.5, 0.6) is 0 Å². The molecule has 1 saturated carbocycles. The Kier molecular flexibility index (Phi) is 4.24. The molecule has 0 bridgehead atoms. The minimum atomic E-state index is -0.116. The normalized spacial score (nSPS) is 15.0. The Hall–Kier alpha value is -2.93. The first kappa shape index (κ1) is 17.2. The number of para-hydroxylation sites is 2. The van der Waals surface area contributed by atoms with Crippen LogP contribution in [0.3, 0.4) is 0 Å². The standard InChI is InChI=1S/C21H19N5OS/c1-13(18-22-17-10-6-5-9-16(17)20(27)23-18)28-21-24-19(14-11-12-14)26(25-21)15-7-3-2-4-8-15/h2-10,13-14H,11-12H2,1H3,(H,22,23,27)/t13-/m1/s1. The molecular weight excluding hydrogens is 370 g/mol. The first-order chi connectivity index (χ1) is 13.7. The molecule has 6 nitrogen and oxygen atoms in total. The Morgan fingerprint density at radius 3 is 2.61 bits per heavy atom. The molecule has 0 radical (unpaired) electrons. The van der Waals surface area contributed by atoms with Gasteiger partial charge >= 0.3 is 0 Å². The highest BCUT2D eigenvalue weighted by molar-refractivity contribution is 7.99. The van der Waals surface area contributed by atoms with Gasteiger partial charge < -0.3 is 4.98 Å². The molecule has 0 amide bonds. The summed E-state index contributed by atoms with van der Waals surface area (Å²) in [6.07, 6.45) is 2.31. The van der Waals surface area contributed by atoms with E-state index in [2.05, 4.69) is 9.97 Å². The number of thioether (sulfide) groups is 1. The fourth-order valence-corrected chi connectivity index (χ4v) is 4.04. The second-order valence-corrected chi connectivity index (χ2v) is 8.31. The molecule has 1 atom stereocenters. The molecule has 1 N–H and O–H groups in total. The van der Waals surface area contributed by atoms with Crippen LogP contribution in [0, 0.1) is 0 Å². The second-order valence-electron chi connectivity index (χ2n) is 7.00. The van der Waals surface area contributed by atoms with Crippen LogP contribution in [0.2, 0.25) is 0 Å². The number of hydrogen-bond donors (Lipinski definition) is 1. The minimum absolute atomic E-state index is 0.0732. The quantitative estimate of drug-likeness (QED) is 0.517. The third-order valence-electron chi connectivity index (χ3n) is 4.85. The maximum atomic E-state index is 12.4. The van der Waals surface area contributed by atoms with Gasteiger partial charge in [-0.15, -0.1) is 5.10 Å². The van der Waals surface area contributed by atoms with E-state index in [0.717, 1.165) is 24.4 Å². The smallest absolute Gasteiger partial charge is 0.258 e. The molecule has 0 saturated heterocycles. The topological polar surface area (TPSA) is 76.5 Å². The van der Waals surface area contributed by atoms with E-state index in [0.29, 0.717) is 27.8 Å². The first-order valence-electron chi connectivity index (χ1n) is 9.37. The zero-order valence-corrected chi connectivity index (χ0v) is 16.2. The van der Waals surface area contributed by atoms with Crippen molar-refractivity contribution in [3.8, 4) is 5.69 Å². The molecule has 140 valence electrons. The van der Waals surface area contributed by atoms with Crippen molar-refractivity contribution in [1.29, 1.82) is 0 Å². The third kappa shape index (κ3) is 3.22. The van der Waals surface area contributed by atoms with Crippen LogP contribution < -0.4 is 5.56 Å². The molecule has 2 aromatic heterocycles. The Bertz CT molecular complexity index is 1200. The van der Waals surface area contributed by atoms with E-state index in [1.54, 1.807) is 6.07 Å². The van der Waals surface area contributed by atoms with Gasteiger partial charge in [-0.05, 0) is 44.0 Å². The predicted octanol–water partition coefficient (Wildman–Crippen LogP) is 4.23. The Labute approximate surface area is 166 Å². The third-order valence-corrected chi connectivity index (χ3v) is 5.82. The number of rotatable bonds is 5. The highest BCUT2D eigenvalue weighted by atomic mass is 32.2. The van der Waals surface area contributed by atoms with Gasteiger partial charge in [0.2, 0.25) is 5.16 Å². The summed E-state index contributed by atoms with van der Waals surface area (Å²) in [7, 11) is 0. The summed E-state index contributed by atoms with van der Waals surface area (Å²) < 4.78 is 1.95. The van der Waals surface area contributed by atoms with E-state index < -0.39 is 0 Å². The molecule has 0 unspecified atom stereocenters. The first-order valence-corrected chi connectivity index (χ1v) is 10.2. The monoisotopic (exact) mass is 389 g/mol. The van der Waals surface area contributed by atoms with Crippen LogP contribution in [0.15, 0.2) is 64.5 Å². The van der Waals surface area contributed by atoms with Gasteiger partial charge in [0.15, 0.2) is 0 Å². The van der Waals surface area contributed by atoms with Crippen molar-refractivity contribution in [3.05, 3.63) is 76.6 Å². The lowest BCUT2D eigenvalue weighted by Crippen LogP contribution is -2.12. The number of benzene rings is 2. The fraction of sp³-hybridized carbons (Fsp3) is 0.238. The van der Waals surface area contributed by atoms with Crippen molar-refractivity contribution in [1.82, 2.24) is 24.7 Å². The van der Waals surface area contributed by atoms with Gasteiger partial charge in [0, 0.05) is 5.92 Å². The largest absolute Gasteiger partial charge is 0.309 e. The van der Waals surface area contributed by atoms with Gasteiger partial charge in [-0.1, -0.05) is 42.1 Å². The van der Waals surface area contributed by atoms with Gasteiger partial charge in [-0.2, -0.15) is 0 Å². The van der Waals surface area contributed by atoms with Crippen LogP contribution in [-0.4, -0.2) is 24.7 Å². The van der Waals surface area contributed by atoms with Crippen molar-refractivity contribution in [2.75, 3.05) is 0 Å². The SMILES string of the molecule is C[C@@H](Sc1nc(C2CC2)n(-c2ccccc2)n1)c1nc2ccccc2c(=O)[nH]1. The average Bonchev–Trinajstić information content (AvgIpc) is 3.49. The summed E-state index contributed by atoms with van der Waals surface area (Å²) in [6, 6.07) is 17.5. The highest BCUT2D eigenvalue weighted by Gasteiger charge is 2.31. The molecule has 1 aliphatic carbocycles. The van der Waals surface area contributed by atoms with E-state index in [1.165, 1.54) is 11.8 Å². The number of aromatic nitrogens is 5. The van der Waals surface area contributed by atoms with Crippen molar-refractivity contribution in [3.63, 3.8) is 0 Å². The number of nitrogens with one attached hydrogen (secondary N) is 1. The Morgan fingerprint density at radius 2 is 1.82 bits per heavy atom. The van der Waals surface area contributed by atoms with Gasteiger partial charge in [0.1, 0.15) is 11.6 Å². The van der Waals surface area contributed by atoms with Gasteiger partial charge in [-0.25, -0.2) is 14.6 Å². The van der Waals surface area contributed by atoms with Crippen molar-refractivity contribution >= 4 is 22.7 Å². The Balaban J connectivity index is 1.47. The molecule has 5 rings (SSSR count). The molecule has 2 aromatic carbocycles. The summed E-state index contributed by atoms with van der Waals surface area (Å²) in [6.45, 7) is 2.01. The molecule has 0 spiro atoms. The van der Waals surface area contributed by atoms with Crippen LogP contribution in [-0.2, 0) is 0 Å². The lowest BCUT2D eigenvalue weighted by molar-refractivity contribution is 0.781. The van der Waals surface area contributed by atoms with Crippen molar-refractivity contribution < 1.29 is 0 Å². The lowest BCUT2D eigenvalue weighted by Gasteiger charge is -2.08. The van der Waals surface area contributed by atoms with Crippen LogP contribution >= 0.6 is 11.8 Å². The summed E-state index contributed by atoms with van der Waals surface area (Å²) in [5, 5.41) is 5.97. The van der Waals surface area contributed by atoms with Crippen LogP contribution in [0.25, 0.3) is 16.6 Å². The molecule has 7 heteroatoms. The predicted molar refractivity (Wildman–Crippen MR) is 110 cm³/mol. The number of fused-ring (bicyclic) bond motifs is 1. The molecule has 28 heavy (non-hydrogen) atoms. The molecule has 4 aromatic rings. The zero-order chi connectivity index (χ0) is 19.1. The van der Waals surface area contributed by atoms with E-state index in [1.807, 2.05) is 60.1 Å². The highest BCUT2D eigenvalue weighted by Crippen LogP contribution is 2.41. The van der Waals surface area contributed by atoms with Crippen molar-refractivity contribution in [2.24, 2.45) is 0 Å². The van der Waals surface area contributed by atoms with E-state index in [9.17, 15) is 4.79 Å². The summed E-state index contributed by atoms with van der Waals surface area (Å²) in [4.78, 5) is 24.7. The molecule has 1 fully saturated rings. The fourth-order valence-electron chi connectivity index (χ4n) is 3.23. The maximum Gasteiger partial charge on any atom is 0.258 e. The summed E-state index contributed by atoms with van der Waals surface area (Å²) in [5.74, 6) is 2.13. The summed E-state index contributed by atoms with van der Waals surface area (Å²) >= 11 is 1.51. The number of H-pyrrole nitrogens is 1. The van der Waals surface area contributed by atoms with Gasteiger partial charge in [0.05, 0.1) is 21.8 Å². The lowest BCUT2D eigenvalue weighted by atomic mass is 10.2. The number of nitrogens with zero attached hydrogens (tertiary/aromatic N) is 4.